The molecule has 0 heterocycles. The van der Waals surface area contributed by atoms with Crippen LogP contribution < -0.4 is 5.32 Å². The van der Waals surface area contributed by atoms with Crippen LogP contribution in [0.2, 0.25) is 0 Å². The van der Waals surface area contributed by atoms with Crippen molar-refractivity contribution in [2.24, 2.45) is 0 Å². The van der Waals surface area contributed by atoms with E-state index in [1.165, 1.54) is 22.3 Å². The van der Waals surface area contributed by atoms with Crippen LogP contribution >= 0.6 is 15.9 Å². The maximum atomic E-state index is 3.61. The Balaban J connectivity index is 2.20. The number of rotatable bonds is 3. The largest absolute Gasteiger partial charge is 0.378 e. The van der Waals surface area contributed by atoms with E-state index in [4.69, 9.17) is 0 Å². The predicted molar refractivity (Wildman–Crippen MR) is 86.8 cm³/mol. The molecule has 0 aliphatic rings. The van der Waals surface area contributed by atoms with Crippen LogP contribution in [0.15, 0.2) is 40.9 Å². The van der Waals surface area contributed by atoms with Gasteiger partial charge in [-0.1, -0.05) is 24.3 Å². The molecule has 0 spiro atoms. The SMILES string of the molecule is Cc1ccc(NC(C)c2ccc(C)c(C)c2)c(Br)c1. The van der Waals surface area contributed by atoms with Crippen LogP contribution in [-0.2, 0) is 0 Å². The maximum Gasteiger partial charge on any atom is 0.0489 e. The Bertz CT molecular complexity index is 590. The molecule has 19 heavy (non-hydrogen) atoms. The molecule has 2 aromatic carbocycles. The van der Waals surface area contributed by atoms with Crippen LogP contribution in [-0.4, -0.2) is 0 Å². The van der Waals surface area contributed by atoms with Crippen LogP contribution in [0.3, 0.4) is 0 Å². The normalized spacial score (nSPS) is 12.3. The van der Waals surface area contributed by atoms with Crippen molar-refractivity contribution in [1.29, 1.82) is 0 Å². The average Bonchev–Trinajstić information content (AvgIpc) is 2.36. The number of benzene rings is 2. The predicted octanol–water partition coefficient (Wildman–Crippen LogP) is 5.55. The van der Waals surface area contributed by atoms with Gasteiger partial charge in [0.05, 0.1) is 0 Å². The van der Waals surface area contributed by atoms with Crippen molar-refractivity contribution in [3.05, 3.63) is 63.1 Å². The van der Waals surface area contributed by atoms with E-state index in [0.717, 1.165) is 10.2 Å². The highest BCUT2D eigenvalue weighted by atomic mass is 79.9. The molecule has 0 amide bonds. The summed E-state index contributed by atoms with van der Waals surface area (Å²) in [6.45, 7) is 8.60. The van der Waals surface area contributed by atoms with Gasteiger partial charge < -0.3 is 5.32 Å². The highest BCUT2D eigenvalue weighted by molar-refractivity contribution is 9.10. The highest BCUT2D eigenvalue weighted by Crippen LogP contribution is 2.28. The van der Waals surface area contributed by atoms with Crippen molar-refractivity contribution in [2.75, 3.05) is 5.32 Å². The fraction of sp³-hybridized carbons (Fsp3) is 0.294. The number of aryl methyl sites for hydroxylation is 3. The van der Waals surface area contributed by atoms with Crippen LogP contribution in [0.1, 0.15) is 35.2 Å². The molecule has 0 saturated heterocycles. The topological polar surface area (TPSA) is 12.0 Å². The fourth-order valence-electron chi connectivity index (χ4n) is 2.09. The van der Waals surface area contributed by atoms with Gasteiger partial charge >= 0.3 is 0 Å². The Labute approximate surface area is 124 Å². The molecular weight excluding hydrogens is 298 g/mol. The van der Waals surface area contributed by atoms with Crippen molar-refractivity contribution < 1.29 is 0 Å². The van der Waals surface area contributed by atoms with E-state index in [1.807, 2.05) is 0 Å². The molecule has 0 bridgehead atoms. The molecule has 1 atom stereocenters. The third-order valence-corrected chi connectivity index (χ3v) is 4.18. The van der Waals surface area contributed by atoms with Gasteiger partial charge in [0.1, 0.15) is 0 Å². The minimum atomic E-state index is 0.290. The van der Waals surface area contributed by atoms with Gasteiger partial charge in [-0.15, -0.1) is 0 Å². The van der Waals surface area contributed by atoms with Gasteiger partial charge in [0.15, 0.2) is 0 Å². The van der Waals surface area contributed by atoms with Crippen LogP contribution in [0.5, 0.6) is 0 Å². The quantitative estimate of drug-likeness (QED) is 0.782. The summed E-state index contributed by atoms with van der Waals surface area (Å²) in [5, 5.41) is 3.55. The maximum absolute atomic E-state index is 3.61. The van der Waals surface area contributed by atoms with E-state index in [-0.39, 0.29) is 0 Å². The van der Waals surface area contributed by atoms with Crippen molar-refractivity contribution >= 4 is 21.6 Å². The van der Waals surface area contributed by atoms with Crippen molar-refractivity contribution in [3.63, 3.8) is 0 Å². The molecule has 100 valence electrons. The van der Waals surface area contributed by atoms with Gasteiger partial charge in [-0.25, -0.2) is 0 Å². The Kier molecular flexibility index (Phi) is 4.31. The van der Waals surface area contributed by atoms with Crippen molar-refractivity contribution in [2.45, 2.75) is 33.7 Å². The zero-order chi connectivity index (χ0) is 14.0. The fourth-order valence-corrected chi connectivity index (χ4v) is 2.70. The van der Waals surface area contributed by atoms with Gasteiger partial charge in [-0.05, 0) is 78.0 Å². The van der Waals surface area contributed by atoms with Gasteiger partial charge in [0, 0.05) is 16.2 Å². The molecule has 0 fully saturated rings. The second kappa shape index (κ2) is 5.79. The Morgan fingerprint density at radius 1 is 0.947 bits per heavy atom. The molecule has 0 radical (unpaired) electrons. The lowest BCUT2D eigenvalue weighted by Crippen LogP contribution is -2.07. The molecule has 0 aliphatic heterocycles. The minimum absolute atomic E-state index is 0.290. The van der Waals surface area contributed by atoms with E-state index < -0.39 is 0 Å². The molecule has 0 aromatic heterocycles. The van der Waals surface area contributed by atoms with Crippen molar-refractivity contribution in [1.82, 2.24) is 0 Å². The Morgan fingerprint density at radius 3 is 2.32 bits per heavy atom. The van der Waals surface area contributed by atoms with Crippen LogP contribution in [0.4, 0.5) is 5.69 Å². The number of halogens is 1. The summed E-state index contributed by atoms with van der Waals surface area (Å²) in [4.78, 5) is 0. The molecule has 0 saturated carbocycles. The summed E-state index contributed by atoms with van der Waals surface area (Å²) in [5.41, 5.74) is 6.39. The lowest BCUT2D eigenvalue weighted by molar-refractivity contribution is 0.880. The number of hydrogen-bond donors (Lipinski definition) is 1. The molecule has 2 heteroatoms. The third kappa shape index (κ3) is 3.38. The summed E-state index contributed by atoms with van der Waals surface area (Å²) in [6, 6.07) is 13.3. The summed E-state index contributed by atoms with van der Waals surface area (Å²) >= 11 is 3.61. The lowest BCUT2D eigenvalue weighted by atomic mass is 10.0. The Morgan fingerprint density at radius 2 is 1.68 bits per heavy atom. The number of hydrogen-bond acceptors (Lipinski definition) is 1. The second-order valence-corrected chi connectivity index (χ2v) is 6.05. The molecule has 1 unspecified atom stereocenters. The van der Waals surface area contributed by atoms with E-state index in [9.17, 15) is 0 Å². The summed E-state index contributed by atoms with van der Waals surface area (Å²) in [6.07, 6.45) is 0. The van der Waals surface area contributed by atoms with Crippen molar-refractivity contribution in [3.8, 4) is 0 Å². The molecule has 1 nitrogen and oxygen atoms in total. The lowest BCUT2D eigenvalue weighted by Gasteiger charge is -2.18. The Hall–Kier alpha value is -1.28. The van der Waals surface area contributed by atoms with E-state index in [0.29, 0.717) is 6.04 Å². The summed E-state index contributed by atoms with van der Waals surface area (Å²) in [7, 11) is 0. The summed E-state index contributed by atoms with van der Waals surface area (Å²) < 4.78 is 1.11. The monoisotopic (exact) mass is 317 g/mol. The van der Waals surface area contributed by atoms with Gasteiger partial charge in [0.25, 0.3) is 0 Å². The minimum Gasteiger partial charge on any atom is -0.378 e. The number of nitrogens with one attached hydrogen (secondary N) is 1. The molecule has 2 aromatic rings. The molecule has 2 rings (SSSR count). The first-order chi connectivity index (χ1) is 8.97. The number of anilines is 1. The molecule has 1 N–H and O–H groups in total. The van der Waals surface area contributed by atoms with Gasteiger partial charge in [0.2, 0.25) is 0 Å². The first-order valence-electron chi connectivity index (χ1n) is 6.57. The third-order valence-electron chi connectivity index (χ3n) is 3.53. The second-order valence-electron chi connectivity index (χ2n) is 5.19. The van der Waals surface area contributed by atoms with Crippen LogP contribution in [0, 0.1) is 20.8 Å². The first-order valence-corrected chi connectivity index (χ1v) is 7.36. The van der Waals surface area contributed by atoms with Gasteiger partial charge in [-0.2, -0.15) is 0 Å². The molecule has 0 aliphatic carbocycles. The van der Waals surface area contributed by atoms with E-state index in [2.05, 4.69) is 85.3 Å². The molecular formula is C17H20BrN. The zero-order valence-electron chi connectivity index (χ0n) is 11.9. The van der Waals surface area contributed by atoms with E-state index >= 15 is 0 Å². The average molecular weight is 318 g/mol. The smallest absolute Gasteiger partial charge is 0.0489 e. The summed E-state index contributed by atoms with van der Waals surface area (Å²) in [5.74, 6) is 0. The zero-order valence-corrected chi connectivity index (χ0v) is 13.5. The van der Waals surface area contributed by atoms with E-state index in [1.54, 1.807) is 0 Å². The highest BCUT2D eigenvalue weighted by Gasteiger charge is 2.08. The van der Waals surface area contributed by atoms with Crippen LogP contribution in [0.25, 0.3) is 0 Å². The standard InChI is InChI=1S/C17H20BrN/c1-11-5-8-17(16(18)9-11)19-14(4)15-7-6-12(2)13(3)10-15/h5-10,14,19H,1-4H3. The first kappa shape index (κ1) is 14.1. The van der Waals surface area contributed by atoms with Gasteiger partial charge in [-0.3, -0.25) is 0 Å².